The average molecular weight is 466 g/mol. The van der Waals surface area contributed by atoms with Crippen LogP contribution in [0.25, 0.3) is 0 Å². The zero-order valence-corrected chi connectivity index (χ0v) is 21.4. The Hall–Kier alpha value is -2.24. The van der Waals surface area contributed by atoms with E-state index in [1.54, 1.807) is 0 Å². The number of anilines is 1. The van der Waals surface area contributed by atoms with Crippen molar-refractivity contribution >= 4 is 28.8 Å². The summed E-state index contributed by atoms with van der Waals surface area (Å²) in [7, 11) is 0. The molecule has 0 aliphatic carbocycles. The van der Waals surface area contributed by atoms with Gasteiger partial charge in [0, 0.05) is 35.9 Å². The maximum Gasteiger partial charge on any atom is 0.193 e. The molecule has 0 saturated carbocycles. The topological polar surface area (TPSA) is 44.4 Å². The van der Waals surface area contributed by atoms with E-state index in [4.69, 9.17) is 12.2 Å². The lowest BCUT2D eigenvalue weighted by Gasteiger charge is -2.35. The molecule has 5 heteroatoms. The summed E-state index contributed by atoms with van der Waals surface area (Å²) < 4.78 is 0. The van der Waals surface area contributed by atoms with Gasteiger partial charge in [0.25, 0.3) is 0 Å². The monoisotopic (exact) mass is 465 g/mol. The molecule has 2 aromatic rings. The number of carbonyl (C=O) groups excluding carboxylic acids is 1. The first-order valence-electron chi connectivity index (χ1n) is 12.3. The van der Waals surface area contributed by atoms with E-state index in [2.05, 4.69) is 43.2 Å². The van der Waals surface area contributed by atoms with E-state index in [1.807, 2.05) is 48.5 Å². The Morgan fingerprint density at radius 3 is 2.55 bits per heavy atom. The Labute approximate surface area is 205 Å². The molecule has 2 N–H and O–H groups in total. The van der Waals surface area contributed by atoms with Crippen LogP contribution in [0.4, 0.5) is 5.69 Å². The van der Waals surface area contributed by atoms with Crippen molar-refractivity contribution in [3.63, 3.8) is 0 Å². The molecule has 0 amide bonds. The van der Waals surface area contributed by atoms with E-state index in [-0.39, 0.29) is 11.2 Å². The molecular weight excluding hydrogens is 426 g/mol. The van der Waals surface area contributed by atoms with Crippen molar-refractivity contribution in [2.24, 2.45) is 0 Å². The molecule has 0 radical (unpaired) electrons. The molecule has 1 fully saturated rings. The van der Waals surface area contributed by atoms with Gasteiger partial charge in [-0.1, -0.05) is 70.5 Å². The largest absolute Gasteiger partial charge is 0.362 e. The van der Waals surface area contributed by atoms with E-state index in [0.717, 1.165) is 31.2 Å². The number of carbonyl (C=O) groups is 1. The third-order valence-electron chi connectivity index (χ3n) is 6.52. The van der Waals surface area contributed by atoms with Gasteiger partial charge in [-0.25, -0.2) is 0 Å². The van der Waals surface area contributed by atoms with E-state index in [1.165, 1.54) is 37.8 Å². The van der Waals surface area contributed by atoms with E-state index < -0.39 is 0 Å². The molecule has 1 saturated heterocycles. The minimum absolute atomic E-state index is 0.0185. The summed E-state index contributed by atoms with van der Waals surface area (Å²) in [5.41, 5.74) is 3.47. The summed E-state index contributed by atoms with van der Waals surface area (Å²) in [6, 6.07) is 16.2. The highest BCUT2D eigenvalue weighted by Crippen LogP contribution is 2.23. The number of thiocarbonyl (C=S) groups is 1. The average Bonchev–Trinajstić information content (AvgIpc) is 2.81. The second-order valence-electron chi connectivity index (χ2n) is 10.1. The minimum atomic E-state index is 0.0185. The van der Waals surface area contributed by atoms with Gasteiger partial charge < -0.3 is 15.5 Å². The Kier molecular flexibility index (Phi) is 9.04. The molecule has 1 aliphatic heterocycles. The molecular formula is C28H39N3OS. The van der Waals surface area contributed by atoms with Crippen LogP contribution in [0.1, 0.15) is 81.3 Å². The lowest BCUT2D eigenvalue weighted by atomic mass is 9.86. The molecule has 1 atom stereocenters. The van der Waals surface area contributed by atoms with Crippen molar-refractivity contribution in [2.45, 2.75) is 71.3 Å². The zero-order valence-electron chi connectivity index (χ0n) is 20.6. The van der Waals surface area contributed by atoms with Crippen LogP contribution >= 0.6 is 12.2 Å². The third-order valence-corrected chi connectivity index (χ3v) is 6.77. The number of piperidine rings is 1. The van der Waals surface area contributed by atoms with Gasteiger partial charge in [-0.15, -0.1) is 0 Å². The Morgan fingerprint density at radius 1 is 1.09 bits per heavy atom. The second kappa shape index (κ2) is 11.8. The molecule has 1 heterocycles. The summed E-state index contributed by atoms with van der Waals surface area (Å²) in [6.07, 6.45) is 6.33. The predicted octanol–water partition coefficient (Wildman–Crippen LogP) is 6.16. The van der Waals surface area contributed by atoms with Crippen molar-refractivity contribution in [3.8, 4) is 0 Å². The summed E-state index contributed by atoms with van der Waals surface area (Å²) >= 11 is 5.48. The number of ketones is 1. The van der Waals surface area contributed by atoms with Crippen molar-refractivity contribution in [2.75, 3.05) is 25.0 Å². The second-order valence-corrected chi connectivity index (χ2v) is 10.5. The first-order valence-corrected chi connectivity index (χ1v) is 12.7. The normalized spacial score (nSPS) is 16.9. The molecule has 0 spiro atoms. The van der Waals surface area contributed by atoms with Crippen LogP contribution in [-0.4, -0.2) is 41.5 Å². The van der Waals surface area contributed by atoms with Crippen molar-refractivity contribution < 1.29 is 4.79 Å². The summed E-state index contributed by atoms with van der Waals surface area (Å²) in [6.45, 7) is 12.0. The highest BCUT2D eigenvalue weighted by molar-refractivity contribution is 7.80. The molecule has 33 heavy (non-hydrogen) atoms. The highest BCUT2D eigenvalue weighted by Gasteiger charge is 2.20. The molecule has 1 aliphatic rings. The standard InChI is InChI=1S/C28H39N3OS/c1-5-25-12-6-7-18-31(25)19-9-17-29-27(33)30-24-11-8-10-22(20-24)26(32)21-13-15-23(16-14-21)28(2,3)4/h8,10-11,13-16,20,25H,5-7,9,12,17-19H2,1-4H3,(H2,29,30,33). The van der Waals surface area contributed by atoms with Gasteiger partial charge in [0.05, 0.1) is 0 Å². The van der Waals surface area contributed by atoms with Crippen LogP contribution in [0, 0.1) is 0 Å². The minimum Gasteiger partial charge on any atom is -0.362 e. The van der Waals surface area contributed by atoms with Gasteiger partial charge in [-0.05, 0) is 67.6 Å². The van der Waals surface area contributed by atoms with Gasteiger partial charge in [0.2, 0.25) is 0 Å². The molecule has 2 aromatic carbocycles. The molecule has 3 rings (SSSR count). The number of likely N-dealkylation sites (tertiary alicyclic amines) is 1. The van der Waals surface area contributed by atoms with Crippen molar-refractivity contribution in [3.05, 3.63) is 65.2 Å². The van der Waals surface area contributed by atoms with Gasteiger partial charge >= 0.3 is 0 Å². The summed E-state index contributed by atoms with van der Waals surface area (Å²) in [5, 5.41) is 7.14. The van der Waals surface area contributed by atoms with E-state index in [9.17, 15) is 4.79 Å². The van der Waals surface area contributed by atoms with E-state index >= 15 is 0 Å². The van der Waals surface area contributed by atoms with Gasteiger partial charge in [-0.3, -0.25) is 4.79 Å². The molecule has 0 bridgehead atoms. The van der Waals surface area contributed by atoms with Crippen LogP contribution in [0.15, 0.2) is 48.5 Å². The fraction of sp³-hybridized carbons (Fsp3) is 0.500. The predicted molar refractivity (Wildman–Crippen MR) is 143 cm³/mol. The zero-order chi connectivity index (χ0) is 23.8. The number of nitrogens with zero attached hydrogens (tertiary/aromatic N) is 1. The fourth-order valence-electron chi connectivity index (χ4n) is 4.50. The van der Waals surface area contributed by atoms with Gasteiger partial charge in [0.1, 0.15) is 0 Å². The van der Waals surface area contributed by atoms with Crippen LogP contribution < -0.4 is 10.6 Å². The fourth-order valence-corrected chi connectivity index (χ4v) is 4.72. The maximum absolute atomic E-state index is 13.0. The quantitative estimate of drug-likeness (QED) is 0.278. The molecule has 1 unspecified atom stereocenters. The first kappa shape index (κ1) is 25.4. The molecule has 4 nitrogen and oxygen atoms in total. The Balaban J connectivity index is 1.50. The third kappa shape index (κ3) is 7.38. The Morgan fingerprint density at radius 2 is 1.85 bits per heavy atom. The van der Waals surface area contributed by atoms with Crippen molar-refractivity contribution in [1.82, 2.24) is 10.2 Å². The first-order chi connectivity index (χ1) is 15.8. The van der Waals surface area contributed by atoms with Gasteiger partial charge in [-0.2, -0.15) is 0 Å². The molecule has 0 aromatic heterocycles. The number of hydrogen-bond acceptors (Lipinski definition) is 3. The number of benzene rings is 2. The number of nitrogens with one attached hydrogen (secondary N) is 2. The van der Waals surface area contributed by atoms with Gasteiger partial charge in [0.15, 0.2) is 10.9 Å². The number of hydrogen-bond donors (Lipinski definition) is 2. The van der Waals surface area contributed by atoms with E-state index in [0.29, 0.717) is 16.2 Å². The highest BCUT2D eigenvalue weighted by atomic mass is 32.1. The van der Waals surface area contributed by atoms with Crippen LogP contribution in [0.5, 0.6) is 0 Å². The van der Waals surface area contributed by atoms with Crippen LogP contribution in [0.3, 0.4) is 0 Å². The lowest BCUT2D eigenvalue weighted by Crippen LogP contribution is -2.40. The summed E-state index contributed by atoms with van der Waals surface area (Å²) in [5.74, 6) is 0.0185. The number of rotatable bonds is 8. The lowest BCUT2D eigenvalue weighted by molar-refractivity contribution is 0.103. The smallest absolute Gasteiger partial charge is 0.193 e. The summed E-state index contributed by atoms with van der Waals surface area (Å²) in [4.78, 5) is 15.6. The van der Waals surface area contributed by atoms with Crippen LogP contribution in [0.2, 0.25) is 0 Å². The Bertz CT molecular complexity index is 933. The molecule has 178 valence electrons. The van der Waals surface area contributed by atoms with Crippen molar-refractivity contribution in [1.29, 1.82) is 0 Å². The maximum atomic E-state index is 13.0. The van der Waals surface area contributed by atoms with Crippen LogP contribution in [-0.2, 0) is 5.41 Å². The SMILES string of the molecule is CCC1CCCCN1CCCNC(=S)Nc1cccc(C(=O)c2ccc(C(C)(C)C)cc2)c1.